The van der Waals surface area contributed by atoms with E-state index >= 15 is 0 Å². The van der Waals surface area contributed by atoms with Crippen molar-refractivity contribution in [2.45, 2.75) is 51.7 Å². The van der Waals surface area contributed by atoms with Crippen molar-refractivity contribution in [3.63, 3.8) is 0 Å². The van der Waals surface area contributed by atoms with E-state index in [-0.39, 0.29) is 12.0 Å². The van der Waals surface area contributed by atoms with E-state index in [0.29, 0.717) is 17.5 Å². The van der Waals surface area contributed by atoms with Crippen LogP contribution in [0.4, 0.5) is 5.82 Å². The molecule has 2 aromatic rings. The molecule has 1 fully saturated rings. The van der Waals surface area contributed by atoms with Gasteiger partial charge in [0.15, 0.2) is 11.5 Å². The zero-order chi connectivity index (χ0) is 19.2. The van der Waals surface area contributed by atoms with Crippen LogP contribution in [0.3, 0.4) is 0 Å². The fraction of sp³-hybridized carbons (Fsp3) is 0.429. The first-order chi connectivity index (χ1) is 13.1. The van der Waals surface area contributed by atoms with Gasteiger partial charge < -0.3 is 14.8 Å². The number of rotatable bonds is 7. The maximum atomic E-state index is 12.3. The highest BCUT2D eigenvalue weighted by atomic mass is 16.5. The van der Waals surface area contributed by atoms with Gasteiger partial charge in [-0.15, -0.1) is 0 Å². The predicted molar refractivity (Wildman–Crippen MR) is 106 cm³/mol. The van der Waals surface area contributed by atoms with Crippen LogP contribution in [-0.2, 0) is 4.79 Å². The number of hydrogen-bond acceptors (Lipinski definition) is 4. The normalized spacial score (nSPS) is 14.8. The molecule has 1 amide bonds. The Labute approximate surface area is 160 Å². The Morgan fingerprint density at radius 1 is 1.26 bits per heavy atom. The molecule has 144 valence electrons. The van der Waals surface area contributed by atoms with Crippen LogP contribution in [-0.4, -0.2) is 28.9 Å². The van der Waals surface area contributed by atoms with Gasteiger partial charge in [0.2, 0.25) is 5.91 Å². The van der Waals surface area contributed by atoms with Crippen molar-refractivity contribution in [1.29, 1.82) is 0 Å². The van der Waals surface area contributed by atoms with Gasteiger partial charge in [0.25, 0.3) is 0 Å². The Morgan fingerprint density at radius 3 is 2.74 bits per heavy atom. The molecule has 1 heterocycles. The highest BCUT2D eigenvalue weighted by Crippen LogP contribution is 2.31. The van der Waals surface area contributed by atoms with Crippen LogP contribution in [0.15, 0.2) is 36.5 Å². The van der Waals surface area contributed by atoms with Gasteiger partial charge in [-0.25, -0.2) is 4.68 Å². The molecule has 6 heteroatoms. The number of aromatic nitrogens is 2. The number of nitrogens with one attached hydrogen (secondary N) is 1. The molecular formula is C21H27N3O3. The average Bonchev–Trinajstić information content (AvgIpc) is 3.31. The Morgan fingerprint density at radius 2 is 2.04 bits per heavy atom. The summed E-state index contributed by atoms with van der Waals surface area (Å²) in [6.45, 7) is 3.93. The summed E-state index contributed by atoms with van der Waals surface area (Å²) in [5, 5.41) is 7.30. The molecule has 1 aliphatic rings. The lowest BCUT2D eigenvalue weighted by molar-refractivity contribution is -0.111. The molecule has 1 N–H and O–H groups in total. The van der Waals surface area contributed by atoms with E-state index in [9.17, 15) is 4.79 Å². The zero-order valence-electron chi connectivity index (χ0n) is 16.1. The number of amides is 1. The number of carbonyl (C=O) groups excluding carboxylic acids is 1. The van der Waals surface area contributed by atoms with Crippen LogP contribution in [0.5, 0.6) is 11.5 Å². The summed E-state index contributed by atoms with van der Waals surface area (Å²) >= 11 is 0. The monoisotopic (exact) mass is 369 g/mol. The highest BCUT2D eigenvalue weighted by molar-refractivity contribution is 6.01. The number of hydrogen-bond donors (Lipinski definition) is 1. The van der Waals surface area contributed by atoms with Gasteiger partial charge in [0.05, 0.1) is 25.5 Å². The second-order valence-corrected chi connectivity index (χ2v) is 7.00. The Balaban J connectivity index is 1.66. The first-order valence-electron chi connectivity index (χ1n) is 9.44. The fourth-order valence-corrected chi connectivity index (χ4v) is 3.33. The van der Waals surface area contributed by atoms with E-state index in [1.54, 1.807) is 19.4 Å². The summed E-state index contributed by atoms with van der Waals surface area (Å²) in [6.07, 6.45) is 9.74. The van der Waals surface area contributed by atoms with E-state index < -0.39 is 0 Å². The van der Waals surface area contributed by atoms with E-state index in [1.165, 1.54) is 18.9 Å². The molecule has 0 unspecified atom stereocenters. The second-order valence-electron chi connectivity index (χ2n) is 7.00. The molecule has 1 aromatic heterocycles. The maximum absolute atomic E-state index is 12.3. The van der Waals surface area contributed by atoms with Gasteiger partial charge in [-0.05, 0) is 50.5 Å². The summed E-state index contributed by atoms with van der Waals surface area (Å²) < 4.78 is 13.0. The third-order valence-electron chi connectivity index (χ3n) is 4.57. The molecule has 0 bridgehead atoms. The minimum Gasteiger partial charge on any atom is -0.493 e. The predicted octanol–water partition coefficient (Wildman–Crippen LogP) is 4.45. The van der Waals surface area contributed by atoms with Crippen molar-refractivity contribution in [2.24, 2.45) is 0 Å². The fourth-order valence-electron chi connectivity index (χ4n) is 3.33. The summed E-state index contributed by atoms with van der Waals surface area (Å²) in [7, 11) is 1.60. The van der Waals surface area contributed by atoms with E-state index in [2.05, 4.69) is 10.4 Å². The molecule has 0 atom stereocenters. The van der Waals surface area contributed by atoms with Gasteiger partial charge in [-0.2, -0.15) is 5.10 Å². The van der Waals surface area contributed by atoms with Crippen LogP contribution in [0.1, 0.15) is 51.1 Å². The van der Waals surface area contributed by atoms with Crippen molar-refractivity contribution in [1.82, 2.24) is 9.78 Å². The molecule has 0 aliphatic heterocycles. The number of benzene rings is 1. The Bertz CT molecular complexity index is 805. The number of anilines is 1. The van der Waals surface area contributed by atoms with Crippen LogP contribution < -0.4 is 14.8 Å². The number of nitrogens with zero attached hydrogens (tertiary/aromatic N) is 2. The lowest BCUT2D eigenvalue weighted by Crippen LogP contribution is -2.15. The first kappa shape index (κ1) is 19.0. The summed E-state index contributed by atoms with van der Waals surface area (Å²) in [6, 6.07) is 7.82. The molecule has 27 heavy (non-hydrogen) atoms. The van der Waals surface area contributed by atoms with Crippen molar-refractivity contribution >= 4 is 17.8 Å². The van der Waals surface area contributed by atoms with Crippen LogP contribution >= 0.6 is 0 Å². The smallest absolute Gasteiger partial charge is 0.249 e. The first-order valence-corrected chi connectivity index (χ1v) is 9.44. The number of ether oxygens (including phenoxy) is 2. The van der Waals surface area contributed by atoms with E-state index in [0.717, 1.165) is 24.2 Å². The molecular weight excluding hydrogens is 342 g/mol. The molecule has 3 rings (SSSR count). The van der Waals surface area contributed by atoms with Crippen molar-refractivity contribution in [2.75, 3.05) is 12.4 Å². The summed E-state index contributed by atoms with van der Waals surface area (Å²) in [5.74, 6) is 1.89. The van der Waals surface area contributed by atoms with Gasteiger partial charge in [-0.1, -0.05) is 18.9 Å². The number of methoxy groups -OCH3 is 1. The van der Waals surface area contributed by atoms with E-state index in [4.69, 9.17) is 9.47 Å². The molecule has 0 spiro atoms. The topological polar surface area (TPSA) is 65.4 Å². The average molecular weight is 369 g/mol. The van der Waals surface area contributed by atoms with Gasteiger partial charge in [-0.3, -0.25) is 4.79 Å². The highest BCUT2D eigenvalue weighted by Gasteiger charge is 2.20. The van der Waals surface area contributed by atoms with Crippen LogP contribution in [0.25, 0.3) is 6.08 Å². The summed E-state index contributed by atoms with van der Waals surface area (Å²) in [5.41, 5.74) is 0.863. The lowest BCUT2D eigenvalue weighted by Gasteiger charge is -2.14. The van der Waals surface area contributed by atoms with Gasteiger partial charge >= 0.3 is 0 Å². The van der Waals surface area contributed by atoms with Crippen LogP contribution in [0.2, 0.25) is 0 Å². The maximum Gasteiger partial charge on any atom is 0.249 e. The Hall–Kier alpha value is -2.76. The molecule has 1 aromatic carbocycles. The standard InChI is InChI=1S/C21H27N3O3/c1-15(2)27-18-10-8-16(14-19(18)26-3)9-11-21(25)23-20-12-13-22-24(20)17-6-4-5-7-17/h8-15,17H,4-7H2,1-3H3,(H,23,25)/b11-9-. The molecule has 1 saturated carbocycles. The quantitative estimate of drug-likeness (QED) is 0.733. The molecule has 6 nitrogen and oxygen atoms in total. The van der Waals surface area contributed by atoms with E-state index in [1.807, 2.05) is 42.8 Å². The second kappa shape index (κ2) is 8.75. The largest absolute Gasteiger partial charge is 0.493 e. The van der Waals surface area contributed by atoms with Gasteiger partial charge in [0, 0.05) is 12.1 Å². The molecule has 1 aliphatic carbocycles. The van der Waals surface area contributed by atoms with Crippen molar-refractivity contribution in [3.8, 4) is 11.5 Å². The third kappa shape index (κ3) is 4.90. The van der Waals surface area contributed by atoms with Crippen molar-refractivity contribution in [3.05, 3.63) is 42.1 Å². The minimum atomic E-state index is -0.184. The number of carbonyl (C=O) groups is 1. The summed E-state index contributed by atoms with van der Waals surface area (Å²) in [4.78, 5) is 12.3. The van der Waals surface area contributed by atoms with Crippen LogP contribution in [0, 0.1) is 0 Å². The van der Waals surface area contributed by atoms with Gasteiger partial charge in [0.1, 0.15) is 5.82 Å². The Kier molecular flexibility index (Phi) is 6.16. The third-order valence-corrected chi connectivity index (χ3v) is 4.57. The molecule has 0 radical (unpaired) electrons. The van der Waals surface area contributed by atoms with Crippen molar-refractivity contribution < 1.29 is 14.3 Å². The lowest BCUT2D eigenvalue weighted by atomic mass is 10.2. The zero-order valence-corrected chi connectivity index (χ0v) is 16.1. The SMILES string of the molecule is COc1cc(/C=C\C(=O)Nc2ccnn2C2CCCC2)ccc1OC(C)C. The molecule has 0 saturated heterocycles. The minimum absolute atomic E-state index is 0.0655.